The third kappa shape index (κ3) is 1.63. The lowest BCUT2D eigenvalue weighted by Crippen LogP contribution is -2.39. The number of hydrogen-bond acceptors (Lipinski definition) is 7. The van der Waals surface area contributed by atoms with Crippen molar-refractivity contribution in [2.24, 2.45) is 5.92 Å². The molecule has 4 heterocycles. The van der Waals surface area contributed by atoms with Gasteiger partial charge in [0.05, 0.1) is 6.67 Å². The van der Waals surface area contributed by atoms with E-state index in [1.165, 1.54) is 29.8 Å². The summed E-state index contributed by atoms with van der Waals surface area (Å²) in [5, 5.41) is 16.8. The van der Waals surface area contributed by atoms with Gasteiger partial charge in [0.25, 0.3) is 0 Å². The molecule has 22 heavy (non-hydrogen) atoms. The zero-order valence-electron chi connectivity index (χ0n) is 12.6. The zero-order valence-corrected chi connectivity index (χ0v) is 14.2. The summed E-state index contributed by atoms with van der Waals surface area (Å²) in [4.78, 5) is 1.56. The van der Waals surface area contributed by atoms with Crippen molar-refractivity contribution >= 4 is 29.0 Å². The van der Waals surface area contributed by atoms with Crippen molar-refractivity contribution in [2.45, 2.75) is 37.5 Å². The number of thioether (sulfide) groups is 1. The fourth-order valence-corrected chi connectivity index (χ4v) is 5.84. The van der Waals surface area contributed by atoms with Crippen LogP contribution >= 0.6 is 23.1 Å². The molecule has 0 radical (unpaired) electrons. The first kappa shape index (κ1) is 13.4. The smallest absolute Gasteiger partial charge is 0.249 e. The second-order valence-electron chi connectivity index (χ2n) is 6.20. The van der Waals surface area contributed by atoms with Crippen LogP contribution in [0, 0.1) is 5.92 Å². The van der Waals surface area contributed by atoms with E-state index < -0.39 is 0 Å². The summed E-state index contributed by atoms with van der Waals surface area (Å²) in [5.74, 6) is 1.69. The lowest BCUT2D eigenvalue weighted by molar-refractivity contribution is 0.499. The number of aromatic nitrogens is 3. The molecule has 6 nitrogen and oxygen atoms in total. The Bertz CT molecular complexity index is 751. The van der Waals surface area contributed by atoms with Crippen molar-refractivity contribution in [3.63, 3.8) is 0 Å². The topological polar surface area (TPSA) is 58.0 Å². The Hall–Kier alpha value is -1.09. The molecule has 5 rings (SSSR count). The SMILES string of the molecule is CSc1nnc2n1-c1sc3c(c1C1NCNN21)CC[C@@H](C)C3. The Balaban J connectivity index is 1.78. The maximum Gasteiger partial charge on any atom is 0.249 e. The highest BCUT2D eigenvalue weighted by Gasteiger charge is 2.41. The van der Waals surface area contributed by atoms with Gasteiger partial charge in [-0.3, -0.25) is 10.3 Å². The number of nitrogens with zero attached hydrogens (tertiary/aromatic N) is 4. The Kier molecular flexibility index (Phi) is 2.86. The first-order valence-electron chi connectivity index (χ1n) is 7.68. The molecule has 1 fully saturated rings. The molecule has 0 amide bonds. The Morgan fingerprint density at radius 3 is 3.14 bits per heavy atom. The molecule has 116 valence electrons. The van der Waals surface area contributed by atoms with Crippen LogP contribution in [0.4, 0.5) is 5.95 Å². The minimum atomic E-state index is 0.190. The largest absolute Gasteiger partial charge is 0.278 e. The first-order chi connectivity index (χ1) is 10.8. The van der Waals surface area contributed by atoms with Gasteiger partial charge in [0.15, 0.2) is 5.16 Å². The molecule has 2 aromatic rings. The molecule has 0 saturated carbocycles. The predicted molar refractivity (Wildman–Crippen MR) is 88.6 cm³/mol. The molecule has 8 heteroatoms. The van der Waals surface area contributed by atoms with Crippen molar-refractivity contribution in [3.05, 3.63) is 16.0 Å². The van der Waals surface area contributed by atoms with Crippen LogP contribution < -0.4 is 15.8 Å². The van der Waals surface area contributed by atoms with Crippen LogP contribution in [-0.4, -0.2) is 27.7 Å². The molecule has 1 aliphatic carbocycles. The predicted octanol–water partition coefficient (Wildman–Crippen LogP) is 2.06. The summed E-state index contributed by atoms with van der Waals surface area (Å²) < 4.78 is 2.23. The number of fused-ring (bicyclic) bond motifs is 8. The van der Waals surface area contributed by atoms with Crippen molar-refractivity contribution in [1.29, 1.82) is 0 Å². The van der Waals surface area contributed by atoms with Crippen LogP contribution in [-0.2, 0) is 12.8 Å². The summed E-state index contributed by atoms with van der Waals surface area (Å²) in [6, 6.07) is 0. The van der Waals surface area contributed by atoms with Gasteiger partial charge < -0.3 is 0 Å². The minimum Gasteiger partial charge on any atom is -0.278 e. The molecule has 2 aromatic heterocycles. The van der Waals surface area contributed by atoms with Crippen LogP contribution in [0.2, 0.25) is 0 Å². The molecule has 0 aromatic carbocycles. The van der Waals surface area contributed by atoms with E-state index in [1.54, 1.807) is 22.2 Å². The number of hydrazine groups is 1. The molecule has 0 bridgehead atoms. The molecule has 2 atom stereocenters. The number of rotatable bonds is 1. The zero-order chi connectivity index (χ0) is 14.8. The lowest BCUT2D eigenvalue weighted by Gasteiger charge is -2.31. The van der Waals surface area contributed by atoms with Gasteiger partial charge in [-0.05, 0) is 37.0 Å². The second-order valence-corrected chi connectivity index (χ2v) is 8.06. The molecular formula is C14H18N6S2. The summed E-state index contributed by atoms with van der Waals surface area (Å²) >= 11 is 3.60. The van der Waals surface area contributed by atoms with E-state index in [-0.39, 0.29) is 6.17 Å². The van der Waals surface area contributed by atoms with Crippen molar-refractivity contribution in [2.75, 3.05) is 17.9 Å². The maximum absolute atomic E-state index is 4.41. The minimum absolute atomic E-state index is 0.190. The van der Waals surface area contributed by atoms with Crippen LogP contribution in [0.25, 0.3) is 5.00 Å². The molecule has 3 aliphatic rings. The van der Waals surface area contributed by atoms with Gasteiger partial charge in [-0.15, -0.1) is 21.5 Å². The Labute approximate surface area is 137 Å². The van der Waals surface area contributed by atoms with Crippen LogP contribution in [0.15, 0.2) is 5.16 Å². The van der Waals surface area contributed by atoms with Gasteiger partial charge in [0.1, 0.15) is 11.2 Å². The van der Waals surface area contributed by atoms with Crippen LogP contribution in [0.3, 0.4) is 0 Å². The normalized spacial score (nSPS) is 25.6. The average molecular weight is 334 g/mol. The number of hydrogen-bond donors (Lipinski definition) is 2. The first-order valence-corrected chi connectivity index (χ1v) is 9.72. The quantitative estimate of drug-likeness (QED) is 0.779. The van der Waals surface area contributed by atoms with Crippen molar-refractivity contribution in [3.8, 4) is 5.00 Å². The summed E-state index contributed by atoms with van der Waals surface area (Å²) in [6.45, 7) is 3.13. The van der Waals surface area contributed by atoms with E-state index in [2.05, 4.69) is 43.7 Å². The number of nitrogens with one attached hydrogen (secondary N) is 2. The standard InChI is InChI=1S/C14H18N6S2/c1-7-3-4-8-9(5-7)22-12-10(8)11-15-6-16-20(11)13-17-18-14(21-2)19(12)13/h7,11,15-16H,3-6H2,1-2H3/t7-,11?/m1/s1. The molecule has 1 unspecified atom stereocenters. The molecule has 2 N–H and O–H groups in total. The van der Waals surface area contributed by atoms with E-state index in [9.17, 15) is 0 Å². The Morgan fingerprint density at radius 1 is 1.36 bits per heavy atom. The van der Waals surface area contributed by atoms with E-state index in [0.717, 1.165) is 23.7 Å². The van der Waals surface area contributed by atoms with Crippen molar-refractivity contribution < 1.29 is 0 Å². The monoisotopic (exact) mass is 334 g/mol. The summed E-state index contributed by atoms with van der Waals surface area (Å²) in [6.07, 6.45) is 5.95. The third-order valence-corrected chi connectivity index (χ3v) is 6.71. The molecular weight excluding hydrogens is 316 g/mol. The highest BCUT2D eigenvalue weighted by Crippen LogP contribution is 2.47. The number of thiophene rings is 1. The Morgan fingerprint density at radius 2 is 2.27 bits per heavy atom. The molecule has 1 saturated heterocycles. The maximum atomic E-state index is 4.41. The van der Waals surface area contributed by atoms with Crippen LogP contribution in [0.1, 0.15) is 35.5 Å². The van der Waals surface area contributed by atoms with Gasteiger partial charge in [-0.2, -0.15) is 0 Å². The van der Waals surface area contributed by atoms with E-state index in [1.807, 2.05) is 11.3 Å². The number of anilines is 1. The fourth-order valence-electron chi connectivity index (χ4n) is 3.76. The van der Waals surface area contributed by atoms with Crippen LogP contribution in [0.5, 0.6) is 0 Å². The highest BCUT2D eigenvalue weighted by atomic mass is 32.2. The lowest BCUT2D eigenvalue weighted by atomic mass is 9.87. The fraction of sp³-hybridized carbons (Fsp3) is 0.571. The van der Waals surface area contributed by atoms with Gasteiger partial charge >= 0.3 is 0 Å². The van der Waals surface area contributed by atoms with E-state index >= 15 is 0 Å². The highest BCUT2D eigenvalue weighted by molar-refractivity contribution is 7.98. The van der Waals surface area contributed by atoms with Crippen molar-refractivity contribution in [1.82, 2.24) is 25.5 Å². The van der Waals surface area contributed by atoms with Gasteiger partial charge in [-0.25, -0.2) is 9.99 Å². The van der Waals surface area contributed by atoms with Gasteiger partial charge in [-0.1, -0.05) is 18.7 Å². The average Bonchev–Trinajstić information content (AvgIpc) is 3.21. The molecule has 2 aliphatic heterocycles. The molecule has 0 spiro atoms. The van der Waals surface area contributed by atoms with Gasteiger partial charge in [0, 0.05) is 10.4 Å². The summed E-state index contributed by atoms with van der Waals surface area (Å²) in [7, 11) is 0. The van der Waals surface area contributed by atoms with E-state index in [0.29, 0.717) is 0 Å². The van der Waals surface area contributed by atoms with E-state index in [4.69, 9.17) is 0 Å². The second kappa shape index (κ2) is 4.70. The summed E-state index contributed by atoms with van der Waals surface area (Å²) in [5.41, 5.74) is 6.40. The third-order valence-electron chi connectivity index (χ3n) is 4.83. The van der Waals surface area contributed by atoms with Gasteiger partial charge in [0.2, 0.25) is 5.95 Å².